The van der Waals surface area contributed by atoms with Crippen LogP contribution in [0.25, 0.3) is 11.5 Å². The number of phenolic OH excluding ortho intramolecular Hbond substituents is 1. The molecule has 0 amide bonds. The van der Waals surface area contributed by atoms with Crippen molar-refractivity contribution in [2.45, 2.75) is 17.6 Å². The van der Waals surface area contributed by atoms with Crippen LogP contribution in [0.15, 0.2) is 57.9 Å². The van der Waals surface area contributed by atoms with E-state index in [4.69, 9.17) is 4.52 Å². The van der Waals surface area contributed by atoms with Crippen molar-refractivity contribution in [1.82, 2.24) is 10.1 Å². The monoisotopic (exact) mass is 298 g/mol. The van der Waals surface area contributed by atoms with Gasteiger partial charge in [0.25, 0.3) is 5.89 Å². The molecule has 1 heterocycles. The fourth-order valence-corrected chi connectivity index (χ4v) is 2.60. The molecule has 0 radical (unpaired) electrons. The number of nitrogens with zero attached hydrogens (tertiary/aromatic N) is 2. The maximum Gasteiger partial charge on any atom is 0.261 e. The third kappa shape index (κ3) is 3.25. The normalized spacial score (nSPS) is 10.7. The van der Waals surface area contributed by atoms with Gasteiger partial charge >= 0.3 is 0 Å². The maximum absolute atomic E-state index is 9.77. The van der Waals surface area contributed by atoms with Gasteiger partial charge in [-0.2, -0.15) is 4.98 Å². The Balaban J connectivity index is 1.71. The minimum absolute atomic E-state index is 0.138. The predicted octanol–water partition coefficient (Wildman–Crippen LogP) is 4.04. The molecule has 4 nitrogen and oxygen atoms in total. The summed E-state index contributed by atoms with van der Waals surface area (Å²) in [6.07, 6.45) is 0. The average Bonchev–Trinajstić information content (AvgIpc) is 2.96. The quantitative estimate of drug-likeness (QED) is 0.736. The smallest absolute Gasteiger partial charge is 0.261 e. The molecule has 0 saturated heterocycles. The zero-order chi connectivity index (χ0) is 14.7. The van der Waals surface area contributed by atoms with Crippen LogP contribution in [-0.4, -0.2) is 15.2 Å². The van der Waals surface area contributed by atoms with Crippen molar-refractivity contribution in [2.24, 2.45) is 0 Å². The maximum atomic E-state index is 9.77. The van der Waals surface area contributed by atoms with Gasteiger partial charge < -0.3 is 9.63 Å². The van der Waals surface area contributed by atoms with E-state index in [0.717, 1.165) is 4.90 Å². The molecule has 0 atom stereocenters. The first-order valence-electron chi connectivity index (χ1n) is 6.53. The molecule has 21 heavy (non-hydrogen) atoms. The molecule has 3 aromatic rings. The number of aryl methyl sites for hydroxylation is 1. The molecule has 2 aromatic carbocycles. The molecule has 0 unspecified atom stereocenters. The van der Waals surface area contributed by atoms with Gasteiger partial charge in [-0.1, -0.05) is 35.0 Å². The van der Waals surface area contributed by atoms with Gasteiger partial charge in [-0.3, -0.25) is 0 Å². The Kier molecular flexibility index (Phi) is 3.92. The Morgan fingerprint density at radius 3 is 2.62 bits per heavy atom. The number of phenols is 1. The highest BCUT2D eigenvalue weighted by atomic mass is 32.2. The standard InChI is InChI=1S/C16H14N2O2S/c1-11-6-8-12(9-7-11)21-10-15-17-16(20-18-15)13-4-2-3-5-14(13)19/h2-9,19H,10H2,1H3. The highest BCUT2D eigenvalue weighted by molar-refractivity contribution is 7.98. The first-order valence-corrected chi connectivity index (χ1v) is 7.51. The number of hydrogen-bond acceptors (Lipinski definition) is 5. The number of benzene rings is 2. The minimum Gasteiger partial charge on any atom is -0.507 e. The van der Waals surface area contributed by atoms with Crippen LogP contribution in [-0.2, 0) is 5.75 Å². The van der Waals surface area contributed by atoms with E-state index >= 15 is 0 Å². The fourth-order valence-electron chi connectivity index (χ4n) is 1.86. The van der Waals surface area contributed by atoms with Gasteiger partial charge in [0.2, 0.25) is 0 Å². The summed E-state index contributed by atoms with van der Waals surface area (Å²) < 4.78 is 5.20. The fraction of sp³-hybridized carbons (Fsp3) is 0.125. The number of thioether (sulfide) groups is 1. The molecule has 5 heteroatoms. The molecule has 106 valence electrons. The highest BCUT2D eigenvalue weighted by Gasteiger charge is 2.12. The van der Waals surface area contributed by atoms with E-state index in [9.17, 15) is 5.11 Å². The van der Waals surface area contributed by atoms with Crippen molar-refractivity contribution < 1.29 is 9.63 Å². The van der Waals surface area contributed by atoms with Crippen molar-refractivity contribution in [3.8, 4) is 17.2 Å². The van der Waals surface area contributed by atoms with E-state index in [2.05, 4.69) is 41.3 Å². The molecular weight excluding hydrogens is 284 g/mol. The lowest BCUT2D eigenvalue weighted by molar-refractivity contribution is 0.419. The Morgan fingerprint density at radius 1 is 1.10 bits per heavy atom. The summed E-state index contributed by atoms with van der Waals surface area (Å²) in [4.78, 5) is 5.48. The van der Waals surface area contributed by atoms with Gasteiger partial charge in [-0.05, 0) is 31.2 Å². The van der Waals surface area contributed by atoms with Crippen LogP contribution in [0.5, 0.6) is 5.75 Å². The highest BCUT2D eigenvalue weighted by Crippen LogP contribution is 2.28. The lowest BCUT2D eigenvalue weighted by Gasteiger charge is -1.98. The number of aromatic hydroxyl groups is 1. The summed E-state index contributed by atoms with van der Waals surface area (Å²) in [5.74, 6) is 1.71. The molecule has 0 saturated carbocycles. The van der Waals surface area contributed by atoms with Crippen molar-refractivity contribution >= 4 is 11.8 Å². The lowest BCUT2D eigenvalue weighted by atomic mass is 10.2. The Hall–Kier alpha value is -2.27. The summed E-state index contributed by atoms with van der Waals surface area (Å²) in [6, 6.07) is 15.2. The summed E-state index contributed by atoms with van der Waals surface area (Å²) in [5, 5.41) is 13.7. The van der Waals surface area contributed by atoms with Crippen molar-refractivity contribution in [3.63, 3.8) is 0 Å². The van der Waals surface area contributed by atoms with Gasteiger partial charge in [-0.15, -0.1) is 11.8 Å². The molecule has 0 fully saturated rings. The molecule has 1 N–H and O–H groups in total. The van der Waals surface area contributed by atoms with Crippen molar-refractivity contribution in [1.29, 1.82) is 0 Å². The van der Waals surface area contributed by atoms with E-state index in [0.29, 0.717) is 23.0 Å². The van der Waals surface area contributed by atoms with Gasteiger partial charge in [0.1, 0.15) is 5.75 Å². The molecule has 0 aliphatic rings. The predicted molar refractivity (Wildman–Crippen MR) is 82.1 cm³/mol. The second kappa shape index (κ2) is 6.01. The van der Waals surface area contributed by atoms with Gasteiger partial charge in [0.05, 0.1) is 11.3 Å². The number of aromatic nitrogens is 2. The van der Waals surface area contributed by atoms with Crippen LogP contribution in [0.2, 0.25) is 0 Å². The average molecular weight is 298 g/mol. The molecule has 0 bridgehead atoms. The van der Waals surface area contributed by atoms with E-state index in [1.54, 1.807) is 30.0 Å². The molecular formula is C16H14N2O2S. The minimum atomic E-state index is 0.138. The molecule has 0 aliphatic heterocycles. The lowest BCUT2D eigenvalue weighted by Crippen LogP contribution is -1.84. The first kappa shape index (κ1) is 13.7. The number of para-hydroxylation sites is 1. The summed E-state index contributed by atoms with van der Waals surface area (Å²) in [6.45, 7) is 2.06. The van der Waals surface area contributed by atoms with E-state index in [1.165, 1.54) is 5.56 Å². The van der Waals surface area contributed by atoms with Crippen LogP contribution in [0.4, 0.5) is 0 Å². The van der Waals surface area contributed by atoms with Gasteiger partial charge in [0, 0.05) is 4.90 Å². The third-order valence-corrected chi connectivity index (χ3v) is 4.00. The van der Waals surface area contributed by atoms with Crippen LogP contribution in [0.1, 0.15) is 11.4 Å². The summed E-state index contributed by atoms with van der Waals surface area (Å²) >= 11 is 1.65. The third-order valence-electron chi connectivity index (χ3n) is 2.99. The van der Waals surface area contributed by atoms with Crippen LogP contribution in [0.3, 0.4) is 0 Å². The Bertz CT molecular complexity index is 738. The molecule has 1 aromatic heterocycles. The van der Waals surface area contributed by atoms with Crippen LogP contribution < -0.4 is 0 Å². The van der Waals surface area contributed by atoms with Crippen molar-refractivity contribution in [2.75, 3.05) is 0 Å². The Labute approximate surface area is 126 Å². The topological polar surface area (TPSA) is 59.2 Å². The van der Waals surface area contributed by atoms with E-state index in [-0.39, 0.29) is 5.75 Å². The molecule has 3 rings (SSSR count). The van der Waals surface area contributed by atoms with E-state index in [1.807, 2.05) is 6.07 Å². The van der Waals surface area contributed by atoms with Crippen LogP contribution in [0, 0.1) is 6.92 Å². The summed E-state index contributed by atoms with van der Waals surface area (Å²) in [7, 11) is 0. The van der Waals surface area contributed by atoms with Gasteiger partial charge in [-0.25, -0.2) is 0 Å². The van der Waals surface area contributed by atoms with E-state index < -0.39 is 0 Å². The SMILES string of the molecule is Cc1ccc(SCc2noc(-c3ccccc3O)n2)cc1. The first-order chi connectivity index (χ1) is 10.2. The zero-order valence-corrected chi connectivity index (χ0v) is 12.3. The van der Waals surface area contributed by atoms with Gasteiger partial charge in [0.15, 0.2) is 5.82 Å². The second-order valence-corrected chi connectivity index (χ2v) is 5.68. The molecule has 0 aliphatic carbocycles. The largest absolute Gasteiger partial charge is 0.507 e. The number of rotatable bonds is 4. The number of hydrogen-bond donors (Lipinski definition) is 1. The Morgan fingerprint density at radius 2 is 1.86 bits per heavy atom. The van der Waals surface area contributed by atoms with Crippen molar-refractivity contribution in [3.05, 3.63) is 59.9 Å². The van der Waals surface area contributed by atoms with Crippen LogP contribution >= 0.6 is 11.8 Å². The summed E-state index contributed by atoms with van der Waals surface area (Å²) in [5.41, 5.74) is 1.79. The zero-order valence-electron chi connectivity index (χ0n) is 11.5. The second-order valence-electron chi connectivity index (χ2n) is 4.63. The molecule has 0 spiro atoms.